The van der Waals surface area contributed by atoms with Crippen LogP contribution in [0.1, 0.15) is 36.2 Å². The summed E-state index contributed by atoms with van der Waals surface area (Å²) in [4.78, 5) is 12.5. The largest absolute Gasteiger partial charge is 0.493 e. The van der Waals surface area contributed by atoms with E-state index in [-0.39, 0.29) is 11.0 Å². The number of hydrogen-bond donors (Lipinski definition) is 2. The van der Waals surface area contributed by atoms with Crippen LogP contribution in [-0.2, 0) is 6.42 Å². The number of hydrogen-bond acceptors (Lipinski definition) is 4. The van der Waals surface area contributed by atoms with Crippen molar-refractivity contribution in [2.24, 2.45) is 5.92 Å². The Morgan fingerprint density at radius 1 is 0.909 bits per heavy atom. The van der Waals surface area contributed by atoms with Crippen molar-refractivity contribution in [1.29, 1.82) is 0 Å². The maximum Gasteiger partial charge on any atom is 0.257 e. The summed E-state index contributed by atoms with van der Waals surface area (Å²) >= 11 is 5.34. The molecule has 0 unspecified atom stereocenters. The fraction of sp³-hybridized carbons (Fsp3) is 0.259. The van der Waals surface area contributed by atoms with Crippen LogP contribution in [0.5, 0.6) is 11.5 Å². The molecule has 0 fully saturated rings. The fourth-order valence-corrected chi connectivity index (χ4v) is 3.30. The van der Waals surface area contributed by atoms with Gasteiger partial charge in [0.1, 0.15) is 11.5 Å². The predicted molar refractivity (Wildman–Crippen MR) is 137 cm³/mol. The number of para-hydroxylation sites is 2. The zero-order valence-electron chi connectivity index (χ0n) is 19.0. The average Bonchev–Trinajstić information content (AvgIpc) is 2.82. The van der Waals surface area contributed by atoms with Crippen molar-refractivity contribution < 1.29 is 14.3 Å². The summed E-state index contributed by atoms with van der Waals surface area (Å²) in [5.74, 6) is 1.57. The second kappa shape index (κ2) is 12.6. The third-order valence-corrected chi connectivity index (χ3v) is 4.98. The molecule has 2 N–H and O–H groups in total. The highest BCUT2D eigenvalue weighted by molar-refractivity contribution is 7.80. The number of anilines is 1. The summed E-state index contributed by atoms with van der Waals surface area (Å²) in [6.45, 7) is 5.39. The van der Waals surface area contributed by atoms with E-state index in [1.54, 1.807) is 24.3 Å². The summed E-state index contributed by atoms with van der Waals surface area (Å²) in [5, 5.41) is 5.99. The van der Waals surface area contributed by atoms with Crippen molar-refractivity contribution in [3.63, 3.8) is 0 Å². The molecule has 0 spiro atoms. The molecule has 0 saturated carbocycles. The lowest BCUT2D eigenvalue weighted by molar-refractivity contribution is 0.0977. The Kier molecular flexibility index (Phi) is 9.27. The van der Waals surface area contributed by atoms with Crippen LogP contribution in [0, 0.1) is 5.92 Å². The number of nitrogens with one attached hydrogen (secondary N) is 2. The van der Waals surface area contributed by atoms with Gasteiger partial charge in [0.15, 0.2) is 5.11 Å². The van der Waals surface area contributed by atoms with Crippen molar-refractivity contribution in [3.05, 3.63) is 90.0 Å². The molecular weight excluding hydrogens is 432 g/mol. The zero-order chi connectivity index (χ0) is 23.5. The topological polar surface area (TPSA) is 59.6 Å². The number of carbonyl (C=O) groups excluding carboxylic acids is 1. The monoisotopic (exact) mass is 462 g/mol. The van der Waals surface area contributed by atoms with Crippen molar-refractivity contribution in [3.8, 4) is 11.5 Å². The molecule has 3 rings (SSSR count). The Morgan fingerprint density at radius 3 is 2.33 bits per heavy atom. The number of amides is 1. The highest BCUT2D eigenvalue weighted by atomic mass is 32.1. The van der Waals surface area contributed by atoms with Crippen molar-refractivity contribution in [2.45, 2.75) is 26.7 Å². The summed E-state index contributed by atoms with van der Waals surface area (Å²) in [6, 6.07) is 24.9. The van der Waals surface area contributed by atoms with Gasteiger partial charge in [-0.05, 0) is 72.9 Å². The minimum Gasteiger partial charge on any atom is -0.493 e. The minimum atomic E-state index is -0.288. The highest BCUT2D eigenvalue weighted by Gasteiger charge is 2.10. The Hall–Kier alpha value is -3.38. The Labute approximate surface area is 201 Å². The van der Waals surface area contributed by atoms with Gasteiger partial charge >= 0.3 is 0 Å². The van der Waals surface area contributed by atoms with E-state index >= 15 is 0 Å². The van der Waals surface area contributed by atoms with E-state index in [1.165, 1.54) is 5.56 Å². The van der Waals surface area contributed by atoms with Crippen molar-refractivity contribution >= 4 is 28.9 Å². The molecule has 6 heteroatoms. The summed E-state index contributed by atoms with van der Waals surface area (Å²) in [6.07, 6.45) is 1.85. The maximum absolute atomic E-state index is 12.5. The molecule has 0 radical (unpaired) electrons. The van der Waals surface area contributed by atoms with Gasteiger partial charge in [-0.1, -0.05) is 56.3 Å². The summed E-state index contributed by atoms with van der Waals surface area (Å²) < 4.78 is 11.6. The van der Waals surface area contributed by atoms with Crippen molar-refractivity contribution in [1.82, 2.24) is 5.32 Å². The lowest BCUT2D eigenvalue weighted by Gasteiger charge is -2.14. The molecule has 5 nitrogen and oxygen atoms in total. The first kappa shape index (κ1) is 24.3. The standard InChI is InChI=1S/C27H30N2O3S/c1-20(2)19-32-23-16-14-22(15-17-23)26(30)29-27(33)28-24-12-6-7-13-25(24)31-18-8-11-21-9-4-3-5-10-21/h3-7,9-10,12-17,20H,8,11,18-19H2,1-2H3,(H2,28,29,30,33). The number of ether oxygens (including phenoxy) is 2. The molecule has 0 aliphatic heterocycles. The van der Waals surface area contributed by atoms with Gasteiger partial charge in [0.25, 0.3) is 5.91 Å². The van der Waals surface area contributed by atoms with Gasteiger partial charge in [0, 0.05) is 5.56 Å². The lowest BCUT2D eigenvalue weighted by Crippen LogP contribution is -2.34. The first-order valence-electron chi connectivity index (χ1n) is 11.1. The van der Waals surface area contributed by atoms with Crippen LogP contribution < -0.4 is 20.1 Å². The summed E-state index contributed by atoms with van der Waals surface area (Å²) in [7, 11) is 0. The molecule has 0 heterocycles. The summed E-state index contributed by atoms with van der Waals surface area (Å²) in [5.41, 5.74) is 2.50. The molecule has 0 aromatic heterocycles. The molecule has 3 aromatic rings. The fourth-order valence-electron chi connectivity index (χ4n) is 3.09. The van der Waals surface area contributed by atoms with E-state index in [2.05, 4.69) is 36.6 Å². The number of rotatable bonds is 10. The van der Waals surface area contributed by atoms with Gasteiger partial charge in [-0.15, -0.1) is 0 Å². The molecule has 0 aliphatic rings. The normalized spacial score (nSPS) is 10.5. The van der Waals surface area contributed by atoms with E-state index in [4.69, 9.17) is 21.7 Å². The molecule has 3 aromatic carbocycles. The molecule has 0 bridgehead atoms. The Bertz CT molecular complexity index is 1040. The number of carbonyl (C=O) groups is 1. The quantitative estimate of drug-likeness (QED) is 0.292. The van der Waals surface area contributed by atoms with E-state index in [9.17, 15) is 4.79 Å². The van der Waals surface area contributed by atoms with Crippen molar-refractivity contribution in [2.75, 3.05) is 18.5 Å². The zero-order valence-corrected chi connectivity index (χ0v) is 19.9. The SMILES string of the molecule is CC(C)COc1ccc(C(=O)NC(=S)Nc2ccccc2OCCCc2ccccc2)cc1. The van der Waals surface area contributed by atoms with E-state index in [0.717, 1.165) is 18.6 Å². The first-order chi connectivity index (χ1) is 16.0. The minimum absolute atomic E-state index is 0.209. The van der Waals surface area contributed by atoms with Crippen LogP contribution in [0.3, 0.4) is 0 Å². The van der Waals surface area contributed by atoms with Crippen LogP contribution in [0.25, 0.3) is 0 Å². The van der Waals surface area contributed by atoms with Gasteiger partial charge in [-0.3, -0.25) is 10.1 Å². The van der Waals surface area contributed by atoms with Gasteiger partial charge in [0.05, 0.1) is 18.9 Å². The Morgan fingerprint density at radius 2 is 1.61 bits per heavy atom. The molecule has 0 aliphatic carbocycles. The second-order valence-electron chi connectivity index (χ2n) is 8.07. The number of thiocarbonyl (C=S) groups is 1. The molecular formula is C27H30N2O3S. The molecule has 0 atom stereocenters. The van der Waals surface area contributed by atoms with Crippen LogP contribution in [0.2, 0.25) is 0 Å². The van der Waals surface area contributed by atoms with Gasteiger partial charge < -0.3 is 14.8 Å². The smallest absolute Gasteiger partial charge is 0.257 e. The highest BCUT2D eigenvalue weighted by Crippen LogP contribution is 2.24. The number of benzene rings is 3. The van der Waals surface area contributed by atoms with Crippen LogP contribution in [-0.4, -0.2) is 24.2 Å². The van der Waals surface area contributed by atoms with E-state index in [0.29, 0.717) is 36.1 Å². The molecule has 33 heavy (non-hydrogen) atoms. The number of aryl methyl sites for hydroxylation is 1. The van der Waals surface area contributed by atoms with E-state index < -0.39 is 0 Å². The molecule has 1 amide bonds. The first-order valence-corrected chi connectivity index (χ1v) is 11.5. The van der Waals surface area contributed by atoms with Crippen LogP contribution >= 0.6 is 12.2 Å². The second-order valence-corrected chi connectivity index (χ2v) is 8.48. The third kappa shape index (κ3) is 8.24. The maximum atomic E-state index is 12.5. The van der Waals surface area contributed by atoms with Crippen LogP contribution in [0.4, 0.5) is 5.69 Å². The Balaban J connectivity index is 1.49. The third-order valence-electron chi connectivity index (χ3n) is 4.77. The average molecular weight is 463 g/mol. The van der Waals surface area contributed by atoms with Gasteiger partial charge in [-0.25, -0.2) is 0 Å². The van der Waals surface area contributed by atoms with Gasteiger partial charge in [0.2, 0.25) is 0 Å². The lowest BCUT2D eigenvalue weighted by atomic mass is 10.1. The van der Waals surface area contributed by atoms with Crippen LogP contribution in [0.15, 0.2) is 78.9 Å². The molecule has 0 saturated heterocycles. The van der Waals surface area contributed by atoms with E-state index in [1.807, 2.05) is 42.5 Å². The molecule has 172 valence electrons. The van der Waals surface area contributed by atoms with Gasteiger partial charge in [-0.2, -0.15) is 0 Å². The predicted octanol–water partition coefficient (Wildman–Crippen LogP) is 5.86.